The van der Waals surface area contributed by atoms with Crippen LogP contribution in [0.4, 0.5) is 11.8 Å². The summed E-state index contributed by atoms with van der Waals surface area (Å²) in [4.78, 5) is 24.2. The van der Waals surface area contributed by atoms with Gasteiger partial charge in [-0.1, -0.05) is 30.3 Å². The second kappa shape index (κ2) is 9.35. The Morgan fingerprint density at radius 2 is 1.67 bits per heavy atom. The topological polar surface area (TPSA) is 70.2 Å². The Balaban J connectivity index is 1.17. The van der Waals surface area contributed by atoms with E-state index in [2.05, 4.69) is 34.2 Å². The molecule has 6 nitrogen and oxygen atoms in total. The van der Waals surface area contributed by atoms with Gasteiger partial charge >= 0.3 is 0 Å². The molecule has 5 rings (SSSR count). The molecule has 33 heavy (non-hydrogen) atoms. The van der Waals surface area contributed by atoms with Crippen molar-refractivity contribution in [1.82, 2.24) is 15.3 Å². The summed E-state index contributed by atoms with van der Waals surface area (Å²) in [6.07, 6.45) is 4.34. The van der Waals surface area contributed by atoms with E-state index in [1.54, 1.807) is 11.3 Å². The van der Waals surface area contributed by atoms with Gasteiger partial charge in [0.2, 0.25) is 11.9 Å². The fourth-order valence-electron chi connectivity index (χ4n) is 4.65. The lowest BCUT2D eigenvalue weighted by Gasteiger charge is -2.30. The van der Waals surface area contributed by atoms with Crippen molar-refractivity contribution in [1.29, 1.82) is 0 Å². The molecule has 2 heterocycles. The summed E-state index contributed by atoms with van der Waals surface area (Å²) < 4.78 is 1.24. The second-order valence-corrected chi connectivity index (χ2v) is 9.89. The summed E-state index contributed by atoms with van der Waals surface area (Å²) in [5.41, 5.74) is 2.06. The molecule has 0 bridgehead atoms. The molecule has 0 atom stereocenters. The molecule has 1 aliphatic carbocycles. The molecular formula is C26H29N5OS. The Labute approximate surface area is 198 Å². The first-order chi connectivity index (χ1) is 16.1. The minimum absolute atomic E-state index is 0.114. The minimum Gasteiger partial charge on any atom is -0.362 e. The first-order valence-electron chi connectivity index (χ1n) is 11.5. The highest BCUT2D eigenvalue weighted by Gasteiger charge is 2.23. The van der Waals surface area contributed by atoms with E-state index in [0.717, 1.165) is 48.0 Å². The number of para-hydroxylation sites is 1. The number of carbonyl (C=O) groups is 1. The van der Waals surface area contributed by atoms with Gasteiger partial charge in [0.15, 0.2) is 0 Å². The summed E-state index contributed by atoms with van der Waals surface area (Å²) in [6, 6.07) is 16.9. The van der Waals surface area contributed by atoms with Crippen molar-refractivity contribution < 1.29 is 4.79 Å². The van der Waals surface area contributed by atoms with Crippen LogP contribution >= 0.6 is 11.3 Å². The average Bonchev–Trinajstić information content (AvgIpc) is 3.22. The number of hydrogen-bond acceptors (Lipinski definition) is 6. The van der Waals surface area contributed by atoms with Crippen LogP contribution in [0.15, 0.2) is 53.9 Å². The molecule has 1 amide bonds. The van der Waals surface area contributed by atoms with Crippen LogP contribution in [0.1, 0.15) is 31.2 Å². The molecule has 1 saturated carbocycles. The summed E-state index contributed by atoms with van der Waals surface area (Å²) in [5, 5.41) is 11.1. The van der Waals surface area contributed by atoms with E-state index in [1.165, 1.54) is 10.1 Å². The number of nitrogens with zero attached hydrogens (tertiary/aromatic N) is 3. The maximum Gasteiger partial charge on any atom is 0.225 e. The van der Waals surface area contributed by atoms with Crippen molar-refractivity contribution in [2.75, 3.05) is 24.3 Å². The molecule has 0 saturated heterocycles. The number of fused-ring (bicyclic) bond motifs is 2. The molecule has 2 N–H and O–H groups in total. The number of rotatable bonds is 6. The molecule has 170 valence electrons. The fraction of sp³-hybridized carbons (Fsp3) is 0.346. The molecule has 2 aromatic carbocycles. The number of benzene rings is 2. The molecule has 4 aromatic rings. The van der Waals surface area contributed by atoms with Crippen LogP contribution in [0.2, 0.25) is 0 Å². The molecule has 0 spiro atoms. The van der Waals surface area contributed by atoms with Crippen molar-refractivity contribution in [3.63, 3.8) is 0 Å². The lowest BCUT2D eigenvalue weighted by atomic mass is 9.91. The van der Waals surface area contributed by atoms with Crippen molar-refractivity contribution >= 4 is 50.0 Å². The van der Waals surface area contributed by atoms with Gasteiger partial charge in [-0.05, 0) is 60.2 Å². The highest BCUT2D eigenvalue weighted by atomic mass is 32.1. The van der Waals surface area contributed by atoms with E-state index in [9.17, 15) is 4.79 Å². The van der Waals surface area contributed by atoms with Crippen molar-refractivity contribution in [2.24, 2.45) is 0 Å². The standard InChI is InChI=1S/C26H29N5OS/c1-31(2)25-21-8-3-5-9-22(21)29-26(30-25)28-19-13-11-18(12-14-19)27-24(32)15-17-16-33-23-10-6-4-7-20(17)23/h3-10,16,18-19H,11-15H2,1-2H3,(H,27,32)(H,28,29,30). The van der Waals surface area contributed by atoms with Gasteiger partial charge in [0.1, 0.15) is 5.82 Å². The van der Waals surface area contributed by atoms with Gasteiger partial charge < -0.3 is 15.5 Å². The largest absolute Gasteiger partial charge is 0.362 e. The van der Waals surface area contributed by atoms with E-state index in [-0.39, 0.29) is 11.9 Å². The van der Waals surface area contributed by atoms with Gasteiger partial charge in [0, 0.05) is 36.3 Å². The van der Waals surface area contributed by atoms with Gasteiger partial charge in [-0.15, -0.1) is 11.3 Å². The SMILES string of the molecule is CN(C)c1nc(NC2CCC(NC(=O)Cc3csc4ccccc34)CC2)nc2ccccc12. The third kappa shape index (κ3) is 4.78. The predicted octanol–water partition coefficient (Wildman–Crippen LogP) is 4.99. The number of nitrogens with one attached hydrogen (secondary N) is 2. The van der Waals surface area contributed by atoms with Crippen LogP contribution in [0.5, 0.6) is 0 Å². The molecule has 2 aromatic heterocycles. The number of anilines is 2. The predicted molar refractivity (Wildman–Crippen MR) is 137 cm³/mol. The normalized spacial score (nSPS) is 18.4. The van der Waals surface area contributed by atoms with Crippen LogP contribution in [0.25, 0.3) is 21.0 Å². The summed E-state index contributed by atoms with van der Waals surface area (Å²) >= 11 is 1.70. The van der Waals surface area contributed by atoms with E-state index in [4.69, 9.17) is 9.97 Å². The summed E-state index contributed by atoms with van der Waals surface area (Å²) in [5.74, 6) is 1.71. The Hall–Kier alpha value is -3.19. The van der Waals surface area contributed by atoms with Crippen LogP contribution in [-0.2, 0) is 11.2 Å². The highest BCUT2D eigenvalue weighted by molar-refractivity contribution is 7.17. The quantitative estimate of drug-likeness (QED) is 0.425. The van der Waals surface area contributed by atoms with Crippen molar-refractivity contribution in [2.45, 2.75) is 44.2 Å². The van der Waals surface area contributed by atoms with Crippen LogP contribution in [0.3, 0.4) is 0 Å². The molecule has 1 fully saturated rings. The number of hydrogen-bond donors (Lipinski definition) is 2. The third-order valence-electron chi connectivity index (χ3n) is 6.34. The molecule has 7 heteroatoms. The zero-order valence-corrected chi connectivity index (χ0v) is 19.9. The second-order valence-electron chi connectivity index (χ2n) is 8.98. The average molecular weight is 460 g/mol. The van der Waals surface area contributed by atoms with Gasteiger partial charge in [0.05, 0.1) is 11.9 Å². The maximum absolute atomic E-state index is 12.7. The number of carbonyl (C=O) groups excluding carboxylic acids is 1. The third-order valence-corrected chi connectivity index (χ3v) is 7.36. The minimum atomic E-state index is 0.114. The molecule has 0 unspecified atom stereocenters. The van der Waals surface area contributed by atoms with E-state index < -0.39 is 0 Å². The van der Waals surface area contributed by atoms with Crippen LogP contribution < -0.4 is 15.5 Å². The summed E-state index contributed by atoms with van der Waals surface area (Å²) in [7, 11) is 4.01. The smallest absolute Gasteiger partial charge is 0.225 e. The lowest BCUT2D eigenvalue weighted by molar-refractivity contribution is -0.121. The Morgan fingerprint density at radius 1 is 0.970 bits per heavy atom. The van der Waals surface area contributed by atoms with E-state index in [1.807, 2.05) is 49.3 Å². The van der Waals surface area contributed by atoms with Crippen molar-refractivity contribution in [3.8, 4) is 0 Å². The Morgan fingerprint density at radius 3 is 2.45 bits per heavy atom. The highest BCUT2D eigenvalue weighted by Crippen LogP contribution is 2.28. The van der Waals surface area contributed by atoms with Crippen LogP contribution in [-0.4, -0.2) is 42.1 Å². The molecular weight excluding hydrogens is 430 g/mol. The lowest BCUT2D eigenvalue weighted by Crippen LogP contribution is -2.40. The molecule has 1 aliphatic rings. The summed E-state index contributed by atoms with van der Waals surface area (Å²) in [6.45, 7) is 0. The first-order valence-corrected chi connectivity index (χ1v) is 12.4. The molecule has 0 aliphatic heterocycles. The Bertz CT molecular complexity index is 1280. The first kappa shape index (κ1) is 21.6. The van der Waals surface area contributed by atoms with E-state index in [0.29, 0.717) is 18.4 Å². The van der Waals surface area contributed by atoms with Gasteiger partial charge in [-0.2, -0.15) is 4.98 Å². The fourth-order valence-corrected chi connectivity index (χ4v) is 5.61. The number of aromatic nitrogens is 2. The zero-order valence-electron chi connectivity index (χ0n) is 19.0. The number of amides is 1. The molecule has 0 radical (unpaired) electrons. The van der Waals surface area contributed by atoms with Gasteiger partial charge in [-0.3, -0.25) is 4.79 Å². The number of thiophene rings is 1. The maximum atomic E-state index is 12.7. The van der Waals surface area contributed by atoms with Crippen LogP contribution in [0, 0.1) is 0 Å². The van der Waals surface area contributed by atoms with Gasteiger partial charge in [-0.25, -0.2) is 4.98 Å². The zero-order chi connectivity index (χ0) is 22.8. The van der Waals surface area contributed by atoms with E-state index >= 15 is 0 Å². The monoisotopic (exact) mass is 459 g/mol. The van der Waals surface area contributed by atoms with Gasteiger partial charge in [0.25, 0.3) is 0 Å². The Kier molecular flexibility index (Phi) is 6.13. The van der Waals surface area contributed by atoms with Crippen molar-refractivity contribution in [3.05, 3.63) is 59.5 Å².